The summed E-state index contributed by atoms with van der Waals surface area (Å²) in [5, 5.41) is 0. The quantitative estimate of drug-likeness (QED) is 0.698. The number of fused-ring (bicyclic) bond motifs is 1. The van der Waals surface area contributed by atoms with Gasteiger partial charge in [0.05, 0.1) is 0 Å². The van der Waals surface area contributed by atoms with Gasteiger partial charge in [-0.15, -0.1) is 0 Å². The first kappa shape index (κ1) is 9.64. The smallest absolute Gasteiger partial charge is 0.228 e. The van der Waals surface area contributed by atoms with E-state index in [0.717, 1.165) is 32.4 Å². The summed E-state index contributed by atoms with van der Waals surface area (Å²) < 4.78 is 0. The Morgan fingerprint density at radius 1 is 1.33 bits per heavy atom. The Labute approximate surface area is 91.0 Å². The molecule has 3 atom stereocenters. The maximum atomic E-state index is 12.2. The van der Waals surface area contributed by atoms with Gasteiger partial charge in [-0.3, -0.25) is 4.79 Å². The van der Waals surface area contributed by atoms with Gasteiger partial charge in [-0.2, -0.15) is 0 Å². The molecule has 3 unspecified atom stereocenters. The third-order valence-corrected chi connectivity index (χ3v) is 4.72. The molecule has 0 aromatic heterocycles. The Balaban J connectivity index is 1.69. The molecule has 0 spiro atoms. The lowest BCUT2D eigenvalue weighted by atomic mass is 9.98. The number of nitrogens with two attached hydrogens (primary N) is 1. The highest BCUT2D eigenvalue weighted by Gasteiger charge is 2.51. The van der Waals surface area contributed by atoms with E-state index in [0.29, 0.717) is 23.8 Å². The van der Waals surface area contributed by atoms with Crippen LogP contribution < -0.4 is 5.73 Å². The highest BCUT2D eigenvalue weighted by atomic mass is 16.2. The van der Waals surface area contributed by atoms with Crippen molar-refractivity contribution in [1.82, 2.24) is 4.90 Å². The Morgan fingerprint density at radius 3 is 2.67 bits per heavy atom. The molecule has 2 saturated carbocycles. The molecule has 15 heavy (non-hydrogen) atoms. The van der Waals surface area contributed by atoms with Crippen LogP contribution in [0.5, 0.6) is 0 Å². The highest BCUT2D eigenvalue weighted by molar-refractivity contribution is 5.85. The van der Waals surface area contributed by atoms with E-state index >= 15 is 0 Å². The van der Waals surface area contributed by atoms with Crippen molar-refractivity contribution in [2.45, 2.75) is 38.6 Å². The monoisotopic (exact) mass is 208 g/mol. The Morgan fingerprint density at radius 2 is 2.07 bits per heavy atom. The van der Waals surface area contributed by atoms with Gasteiger partial charge in [-0.1, -0.05) is 6.92 Å². The first-order chi connectivity index (χ1) is 7.10. The molecule has 2 aliphatic carbocycles. The molecule has 1 amide bonds. The molecular formula is C12H20N2O. The van der Waals surface area contributed by atoms with Crippen LogP contribution in [-0.4, -0.2) is 29.9 Å². The topological polar surface area (TPSA) is 46.3 Å². The van der Waals surface area contributed by atoms with E-state index in [-0.39, 0.29) is 5.41 Å². The Hall–Kier alpha value is -0.570. The third kappa shape index (κ3) is 1.40. The zero-order valence-electron chi connectivity index (χ0n) is 9.41. The summed E-state index contributed by atoms with van der Waals surface area (Å²) in [4.78, 5) is 14.2. The zero-order chi connectivity index (χ0) is 10.6. The van der Waals surface area contributed by atoms with Crippen LogP contribution in [0.15, 0.2) is 0 Å². The van der Waals surface area contributed by atoms with Crippen molar-refractivity contribution in [3.8, 4) is 0 Å². The molecule has 1 heterocycles. The van der Waals surface area contributed by atoms with Gasteiger partial charge in [0.15, 0.2) is 0 Å². The molecule has 3 heteroatoms. The average molecular weight is 208 g/mol. The summed E-state index contributed by atoms with van der Waals surface area (Å²) in [5.74, 6) is 1.69. The van der Waals surface area contributed by atoms with Crippen LogP contribution in [-0.2, 0) is 4.79 Å². The van der Waals surface area contributed by atoms with Crippen molar-refractivity contribution in [1.29, 1.82) is 0 Å². The van der Waals surface area contributed by atoms with Crippen LogP contribution in [0.4, 0.5) is 0 Å². The molecule has 3 aliphatic rings. The molecule has 0 aromatic carbocycles. The maximum absolute atomic E-state index is 12.2. The molecule has 1 aliphatic heterocycles. The van der Waals surface area contributed by atoms with E-state index in [1.165, 1.54) is 6.42 Å². The van der Waals surface area contributed by atoms with Gasteiger partial charge in [-0.05, 0) is 37.5 Å². The lowest BCUT2D eigenvalue weighted by Crippen LogP contribution is -2.37. The summed E-state index contributed by atoms with van der Waals surface area (Å²) in [6.07, 6.45) is 4.56. The van der Waals surface area contributed by atoms with Crippen LogP contribution in [0.2, 0.25) is 0 Å². The molecule has 3 fully saturated rings. The lowest BCUT2D eigenvalue weighted by Gasteiger charge is -2.22. The number of nitrogens with zero attached hydrogens (tertiary/aromatic N) is 1. The minimum absolute atomic E-state index is 0.00271. The van der Waals surface area contributed by atoms with Crippen LogP contribution in [0.25, 0.3) is 0 Å². The minimum Gasteiger partial charge on any atom is -0.342 e. The number of carbonyl (C=O) groups is 1. The fourth-order valence-corrected chi connectivity index (χ4v) is 3.26. The standard InChI is InChI=1S/C12H20N2O/c1-12(4-5-12)11(15)14-6-8-2-3-10(13)9(8)7-14/h8-10H,2-7,13H2,1H3. The molecule has 2 N–H and O–H groups in total. The molecule has 3 rings (SSSR count). The summed E-state index contributed by atoms with van der Waals surface area (Å²) in [7, 11) is 0. The number of likely N-dealkylation sites (tertiary alicyclic amines) is 1. The fourth-order valence-electron chi connectivity index (χ4n) is 3.26. The number of amides is 1. The zero-order valence-corrected chi connectivity index (χ0v) is 9.41. The molecule has 1 saturated heterocycles. The highest BCUT2D eigenvalue weighted by Crippen LogP contribution is 2.48. The number of hydrogen-bond donors (Lipinski definition) is 1. The normalized spacial score (nSPS) is 41.7. The molecule has 0 radical (unpaired) electrons. The molecule has 0 aromatic rings. The second kappa shape index (κ2) is 2.97. The van der Waals surface area contributed by atoms with Gasteiger partial charge >= 0.3 is 0 Å². The van der Waals surface area contributed by atoms with Gasteiger partial charge in [0.25, 0.3) is 0 Å². The SMILES string of the molecule is CC1(C(=O)N2CC3CCC(N)C3C2)CC1. The van der Waals surface area contributed by atoms with E-state index in [1.807, 2.05) is 0 Å². The van der Waals surface area contributed by atoms with Crippen molar-refractivity contribution in [2.75, 3.05) is 13.1 Å². The summed E-state index contributed by atoms with van der Waals surface area (Å²) >= 11 is 0. The minimum atomic E-state index is 0.00271. The van der Waals surface area contributed by atoms with E-state index < -0.39 is 0 Å². The average Bonchev–Trinajstić information content (AvgIpc) is 2.71. The molecular weight excluding hydrogens is 188 g/mol. The van der Waals surface area contributed by atoms with E-state index in [4.69, 9.17) is 5.73 Å². The van der Waals surface area contributed by atoms with E-state index in [2.05, 4.69) is 11.8 Å². The van der Waals surface area contributed by atoms with Gasteiger partial charge in [0.1, 0.15) is 0 Å². The fraction of sp³-hybridized carbons (Fsp3) is 0.917. The predicted molar refractivity (Wildman–Crippen MR) is 58.1 cm³/mol. The summed E-state index contributed by atoms with van der Waals surface area (Å²) in [6.45, 7) is 4.01. The summed E-state index contributed by atoms with van der Waals surface area (Å²) in [6, 6.07) is 0.347. The van der Waals surface area contributed by atoms with Crippen molar-refractivity contribution in [2.24, 2.45) is 23.0 Å². The number of hydrogen-bond acceptors (Lipinski definition) is 2. The van der Waals surface area contributed by atoms with E-state index in [1.54, 1.807) is 0 Å². The first-order valence-corrected chi connectivity index (χ1v) is 6.15. The first-order valence-electron chi connectivity index (χ1n) is 6.15. The maximum Gasteiger partial charge on any atom is 0.228 e. The van der Waals surface area contributed by atoms with Gasteiger partial charge in [-0.25, -0.2) is 0 Å². The molecule has 3 nitrogen and oxygen atoms in total. The lowest BCUT2D eigenvalue weighted by molar-refractivity contribution is -0.135. The van der Waals surface area contributed by atoms with Crippen LogP contribution >= 0.6 is 0 Å². The third-order valence-electron chi connectivity index (χ3n) is 4.72. The van der Waals surface area contributed by atoms with Gasteiger partial charge in [0.2, 0.25) is 5.91 Å². The van der Waals surface area contributed by atoms with Crippen molar-refractivity contribution >= 4 is 5.91 Å². The Bertz CT molecular complexity index is 298. The second-order valence-electron chi connectivity index (χ2n) is 5.94. The van der Waals surface area contributed by atoms with Gasteiger partial charge in [0, 0.05) is 24.5 Å². The molecule has 84 valence electrons. The predicted octanol–water partition coefficient (Wildman–Crippen LogP) is 0.982. The summed E-state index contributed by atoms with van der Waals surface area (Å²) in [5.41, 5.74) is 6.07. The largest absolute Gasteiger partial charge is 0.342 e. The van der Waals surface area contributed by atoms with Crippen molar-refractivity contribution in [3.05, 3.63) is 0 Å². The number of carbonyl (C=O) groups excluding carboxylic acids is 1. The van der Waals surface area contributed by atoms with Crippen LogP contribution in [0.1, 0.15) is 32.6 Å². The molecule has 0 bridgehead atoms. The van der Waals surface area contributed by atoms with Crippen molar-refractivity contribution < 1.29 is 4.79 Å². The van der Waals surface area contributed by atoms with Gasteiger partial charge < -0.3 is 10.6 Å². The number of rotatable bonds is 1. The van der Waals surface area contributed by atoms with E-state index in [9.17, 15) is 4.79 Å². The van der Waals surface area contributed by atoms with Crippen LogP contribution in [0.3, 0.4) is 0 Å². The Kier molecular flexibility index (Phi) is 1.91. The van der Waals surface area contributed by atoms with Crippen molar-refractivity contribution in [3.63, 3.8) is 0 Å². The second-order valence-corrected chi connectivity index (χ2v) is 5.94. The van der Waals surface area contributed by atoms with Crippen LogP contribution in [0, 0.1) is 17.3 Å².